The van der Waals surface area contributed by atoms with E-state index in [0.29, 0.717) is 12.1 Å². The van der Waals surface area contributed by atoms with Crippen molar-refractivity contribution in [1.82, 2.24) is 10.3 Å². The van der Waals surface area contributed by atoms with Crippen molar-refractivity contribution < 1.29 is 21.6 Å². The minimum Gasteiger partial charge on any atom is -0.397 e. The quantitative estimate of drug-likeness (QED) is 0.389. The minimum absolute atomic E-state index is 0.0570. The van der Waals surface area contributed by atoms with Gasteiger partial charge in [-0.05, 0) is 18.2 Å². The van der Waals surface area contributed by atoms with Crippen molar-refractivity contribution in [1.29, 1.82) is 10.5 Å². The molecule has 0 bridgehead atoms. The van der Waals surface area contributed by atoms with Crippen molar-refractivity contribution in [2.45, 2.75) is 17.1 Å². The number of hydrogen-bond acceptors (Lipinski definition) is 10. The third-order valence-corrected chi connectivity index (χ3v) is 5.56. The van der Waals surface area contributed by atoms with Crippen LogP contribution in [-0.2, 0) is 16.0 Å². The molecule has 0 fully saturated rings. The van der Waals surface area contributed by atoms with Crippen molar-refractivity contribution in [2.24, 2.45) is 4.99 Å². The molecule has 0 spiro atoms. The molecule has 3 rings (SSSR count). The molecule has 160 valence electrons. The minimum atomic E-state index is -4.78. The summed E-state index contributed by atoms with van der Waals surface area (Å²) < 4.78 is 64.7. The predicted octanol–water partition coefficient (Wildman–Crippen LogP) is 1.48. The number of benzene rings is 1. The fraction of sp³-hybridized carbons (Fsp3) is 0.176. The molecule has 1 atom stereocenters. The number of guanidine groups is 1. The van der Waals surface area contributed by atoms with E-state index in [1.54, 1.807) is 12.3 Å². The lowest BCUT2D eigenvalue weighted by Crippen LogP contribution is -2.33. The van der Waals surface area contributed by atoms with E-state index in [2.05, 4.69) is 20.6 Å². The number of nitrogen functional groups attached to an aromatic ring is 2. The topological polar surface area (TPSA) is 183 Å². The second kappa shape index (κ2) is 7.33. The number of alkyl halides is 3. The molecule has 0 saturated carbocycles. The number of sulfone groups is 1. The van der Waals surface area contributed by atoms with Crippen molar-refractivity contribution in [3.8, 4) is 12.3 Å². The zero-order valence-corrected chi connectivity index (χ0v) is 16.4. The molecular weight excluding hydrogens is 437 g/mol. The van der Waals surface area contributed by atoms with Crippen molar-refractivity contribution in [3.63, 3.8) is 0 Å². The van der Waals surface area contributed by atoms with Crippen LogP contribution < -0.4 is 22.1 Å². The van der Waals surface area contributed by atoms with Crippen molar-refractivity contribution in [2.75, 3.05) is 23.0 Å². The number of rotatable bonds is 2. The molecule has 1 aliphatic rings. The Bertz CT molecular complexity index is 1310. The van der Waals surface area contributed by atoms with Gasteiger partial charge in [0.25, 0.3) is 0 Å². The Hall–Kier alpha value is -4.04. The number of nitrogens with two attached hydrogens (primary N) is 2. The SMILES string of the molecule is CS(=O)(=O)c1ccc(C(F)(F)F)cc1C1N=C(NC#N)Nc2nc(N)c(C#N)c(N)c21. The van der Waals surface area contributed by atoms with Gasteiger partial charge in [0, 0.05) is 17.4 Å². The summed E-state index contributed by atoms with van der Waals surface area (Å²) in [4.78, 5) is 7.66. The monoisotopic (exact) mass is 450 g/mol. The number of anilines is 3. The maximum atomic E-state index is 13.4. The molecule has 6 N–H and O–H groups in total. The molecule has 1 aliphatic heterocycles. The van der Waals surface area contributed by atoms with Crippen LogP contribution in [0.1, 0.15) is 28.3 Å². The molecule has 2 heterocycles. The molecule has 14 heteroatoms. The van der Waals surface area contributed by atoms with Crippen LogP contribution in [0.5, 0.6) is 0 Å². The zero-order chi connectivity index (χ0) is 23.1. The lowest BCUT2D eigenvalue weighted by Gasteiger charge is -2.27. The van der Waals surface area contributed by atoms with Gasteiger partial charge in [0.1, 0.15) is 29.3 Å². The molecule has 0 radical (unpaired) electrons. The first kappa shape index (κ1) is 21.7. The molecule has 0 aliphatic carbocycles. The summed E-state index contributed by atoms with van der Waals surface area (Å²) in [5, 5.41) is 23.0. The van der Waals surface area contributed by atoms with E-state index in [-0.39, 0.29) is 40.0 Å². The standard InChI is InChI=1S/C17H13F3N8O2S/c1-31(29,30)10-3-2-7(17(18,19)20)4-8(10)13-11-12(23)9(5-21)14(24)27-15(11)28-16(26-13)25-6-22/h2-4,13H,1H3,(H6,23,24,25,26,27,28). The van der Waals surface area contributed by atoms with Gasteiger partial charge in [0.2, 0.25) is 5.96 Å². The zero-order valence-electron chi connectivity index (χ0n) is 15.6. The normalized spacial score (nSPS) is 15.7. The second-order valence-corrected chi connectivity index (χ2v) is 8.41. The first-order chi connectivity index (χ1) is 14.4. The van der Waals surface area contributed by atoms with Gasteiger partial charge in [-0.3, -0.25) is 5.32 Å². The molecule has 1 unspecified atom stereocenters. The van der Waals surface area contributed by atoms with E-state index in [4.69, 9.17) is 16.7 Å². The molecular formula is C17H13F3N8O2S. The third kappa shape index (κ3) is 3.88. The van der Waals surface area contributed by atoms with Crippen LogP contribution in [0.25, 0.3) is 0 Å². The van der Waals surface area contributed by atoms with E-state index in [1.807, 2.05) is 0 Å². The van der Waals surface area contributed by atoms with Gasteiger partial charge >= 0.3 is 6.18 Å². The first-order valence-electron chi connectivity index (χ1n) is 8.28. The van der Waals surface area contributed by atoms with E-state index in [0.717, 1.165) is 12.3 Å². The predicted molar refractivity (Wildman–Crippen MR) is 104 cm³/mol. The summed E-state index contributed by atoms with van der Waals surface area (Å²) in [5.41, 5.74) is 9.73. The molecule has 0 saturated heterocycles. The Morgan fingerprint density at radius 1 is 1.26 bits per heavy atom. The average Bonchev–Trinajstić information content (AvgIpc) is 2.66. The molecule has 31 heavy (non-hydrogen) atoms. The number of aromatic nitrogens is 1. The number of aliphatic imine (C=N–C) groups is 1. The summed E-state index contributed by atoms with van der Waals surface area (Å²) in [6.07, 6.45) is -2.36. The highest BCUT2D eigenvalue weighted by Crippen LogP contribution is 2.43. The highest BCUT2D eigenvalue weighted by Gasteiger charge is 2.36. The van der Waals surface area contributed by atoms with Crippen LogP contribution in [0, 0.1) is 22.8 Å². The largest absolute Gasteiger partial charge is 0.416 e. The maximum absolute atomic E-state index is 13.4. The average molecular weight is 450 g/mol. The summed E-state index contributed by atoms with van der Waals surface area (Å²) in [6, 6.07) is 2.38. The van der Waals surface area contributed by atoms with Crippen LogP contribution in [0.3, 0.4) is 0 Å². The molecule has 10 nitrogen and oxygen atoms in total. The van der Waals surface area contributed by atoms with Gasteiger partial charge in [-0.15, -0.1) is 0 Å². The van der Waals surface area contributed by atoms with Crippen LogP contribution in [-0.4, -0.2) is 25.6 Å². The van der Waals surface area contributed by atoms with Gasteiger partial charge in [-0.2, -0.15) is 23.7 Å². The fourth-order valence-corrected chi connectivity index (χ4v) is 4.00. The van der Waals surface area contributed by atoms with E-state index in [1.165, 1.54) is 0 Å². The van der Waals surface area contributed by atoms with E-state index in [9.17, 15) is 26.9 Å². The molecule has 1 aromatic heterocycles. The summed E-state index contributed by atoms with van der Waals surface area (Å²) in [7, 11) is -4.01. The number of halogens is 3. The van der Waals surface area contributed by atoms with Gasteiger partial charge in [-0.25, -0.2) is 18.4 Å². The summed E-state index contributed by atoms with van der Waals surface area (Å²) in [5.74, 6) is -0.591. The van der Waals surface area contributed by atoms with Crippen LogP contribution in [0.4, 0.5) is 30.5 Å². The Morgan fingerprint density at radius 3 is 2.48 bits per heavy atom. The maximum Gasteiger partial charge on any atom is 0.416 e. The fourth-order valence-electron chi connectivity index (χ4n) is 3.08. The first-order valence-corrected chi connectivity index (χ1v) is 10.2. The lowest BCUT2D eigenvalue weighted by atomic mass is 9.94. The Morgan fingerprint density at radius 2 is 1.94 bits per heavy atom. The summed E-state index contributed by atoms with van der Waals surface area (Å²) in [6.45, 7) is 0. The third-order valence-electron chi connectivity index (χ3n) is 4.39. The van der Waals surface area contributed by atoms with Crippen LogP contribution in [0.2, 0.25) is 0 Å². The molecule has 0 amide bonds. The Kier molecular flexibility index (Phi) is 5.13. The number of nitrogens with zero attached hydrogens (tertiary/aromatic N) is 4. The Balaban J connectivity index is 2.42. The number of hydrogen-bond donors (Lipinski definition) is 4. The Labute approximate surface area is 173 Å². The van der Waals surface area contributed by atoms with E-state index < -0.39 is 32.5 Å². The van der Waals surface area contributed by atoms with Gasteiger partial charge in [0.05, 0.1) is 16.1 Å². The molecule has 1 aromatic carbocycles. The lowest BCUT2D eigenvalue weighted by molar-refractivity contribution is -0.137. The van der Waals surface area contributed by atoms with Crippen LogP contribution in [0.15, 0.2) is 28.1 Å². The van der Waals surface area contributed by atoms with Gasteiger partial charge in [0.15, 0.2) is 16.0 Å². The van der Waals surface area contributed by atoms with Crippen molar-refractivity contribution >= 4 is 33.1 Å². The number of fused-ring (bicyclic) bond motifs is 1. The number of nitrogens with one attached hydrogen (secondary N) is 2. The van der Waals surface area contributed by atoms with Gasteiger partial charge < -0.3 is 16.8 Å². The number of pyridine rings is 1. The van der Waals surface area contributed by atoms with E-state index >= 15 is 0 Å². The number of nitriles is 2. The summed E-state index contributed by atoms with van der Waals surface area (Å²) >= 11 is 0. The van der Waals surface area contributed by atoms with Crippen molar-refractivity contribution in [3.05, 3.63) is 40.5 Å². The highest BCUT2D eigenvalue weighted by atomic mass is 32.2. The molecule has 2 aromatic rings. The van der Waals surface area contributed by atoms with Crippen LogP contribution >= 0.6 is 0 Å². The second-order valence-electron chi connectivity index (χ2n) is 6.42. The smallest absolute Gasteiger partial charge is 0.397 e. The highest BCUT2D eigenvalue weighted by molar-refractivity contribution is 7.90. The van der Waals surface area contributed by atoms with Gasteiger partial charge in [-0.1, -0.05) is 0 Å².